The van der Waals surface area contributed by atoms with Gasteiger partial charge in [-0.3, -0.25) is 0 Å². The molecule has 0 saturated carbocycles. The molecule has 0 fully saturated rings. The zero-order valence-electron chi connectivity index (χ0n) is 7.85. The van der Waals surface area contributed by atoms with Crippen molar-refractivity contribution < 1.29 is 4.39 Å². The summed E-state index contributed by atoms with van der Waals surface area (Å²) in [5.41, 5.74) is 1.36. The number of imidazole rings is 1. The molecule has 1 aromatic heterocycles. The van der Waals surface area contributed by atoms with E-state index in [1.165, 1.54) is 12.1 Å². The summed E-state index contributed by atoms with van der Waals surface area (Å²) in [6.07, 6.45) is 0. The van der Waals surface area contributed by atoms with Crippen molar-refractivity contribution in [3.05, 3.63) is 35.6 Å². The van der Waals surface area contributed by atoms with Crippen LogP contribution >= 0.6 is 11.6 Å². The average molecular weight is 226 g/mol. The van der Waals surface area contributed by atoms with Gasteiger partial charge in [-0.2, -0.15) is 0 Å². The molecular formula is C10H9ClFN3. The number of fused-ring (bicyclic) bond motifs is 1. The van der Waals surface area contributed by atoms with E-state index in [4.69, 9.17) is 11.6 Å². The van der Waals surface area contributed by atoms with Gasteiger partial charge in [-0.05, 0) is 18.2 Å². The first kappa shape index (κ1) is 9.98. The Bertz CT molecular complexity index is 506. The zero-order valence-corrected chi connectivity index (χ0v) is 8.61. The van der Waals surface area contributed by atoms with Crippen LogP contribution in [0.4, 0.5) is 10.3 Å². The van der Waals surface area contributed by atoms with E-state index in [2.05, 4.69) is 21.9 Å². The van der Waals surface area contributed by atoms with Crippen LogP contribution in [0.3, 0.4) is 0 Å². The number of anilines is 1. The molecule has 0 aliphatic carbocycles. The zero-order chi connectivity index (χ0) is 10.8. The second kappa shape index (κ2) is 3.90. The van der Waals surface area contributed by atoms with Crippen LogP contribution in [0.5, 0.6) is 0 Å². The van der Waals surface area contributed by atoms with Crippen molar-refractivity contribution in [3.63, 3.8) is 0 Å². The van der Waals surface area contributed by atoms with E-state index >= 15 is 0 Å². The number of halogens is 2. The second-order valence-corrected chi connectivity index (χ2v) is 3.65. The lowest BCUT2D eigenvalue weighted by molar-refractivity contribution is 0.629. The van der Waals surface area contributed by atoms with Crippen molar-refractivity contribution in [3.8, 4) is 0 Å². The van der Waals surface area contributed by atoms with Crippen molar-refractivity contribution in [2.24, 2.45) is 0 Å². The first-order valence-corrected chi connectivity index (χ1v) is 4.75. The lowest BCUT2D eigenvalue weighted by Crippen LogP contribution is -2.01. The van der Waals surface area contributed by atoms with E-state index in [1.54, 1.807) is 6.07 Å². The summed E-state index contributed by atoms with van der Waals surface area (Å²) in [6, 6.07) is 4.37. The van der Waals surface area contributed by atoms with Crippen LogP contribution < -0.4 is 5.32 Å². The minimum absolute atomic E-state index is 0.292. The third-order valence-electron chi connectivity index (χ3n) is 1.89. The standard InChI is InChI=1S/C10H9ClFN3/c1-6(11)5-13-10-14-8-3-2-7(12)4-9(8)15-10/h2-4H,1,5H2,(H2,13,14,15). The summed E-state index contributed by atoms with van der Waals surface area (Å²) in [7, 11) is 0. The van der Waals surface area contributed by atoms with Crippen LogP contribution in [0.25, 0.3) is 11.0 Å². The fourth-order valence-corrected chi connectivity index (χ4v) is 1.31. The maximum absolute atomic E-state index is 12.9. The fourth-order valence-electron chi connectivity index (χ4n) is 1.25. The smallest absolute Gasteiger partial charge is 0.201 e. The van der Waals surface area contributed by atoms with E-state index in [1.807, 2.05) is 0 Å². The molecule has 2 N–H and O–H groups in total. The third-order valence-corrected chi connectivity index (χ3v) is 2.03. The van der Waals surface area contributed by atoms with Gasteiger partial charge in [0.2, 0.25) is 5.95 Å². The Hall–Kier alpha value is -1.55. The summed E-state index contributed by atoms with van der Waals surface area (Å²) in [4.78, 5) is 7.12. The van der Waals surface area contributed by atoms with Gasteiger partial charge in [-0.15, -0.1) is 0 Å². The van der Waals surface area contributed by atoms with Gasteiger partial charge in [0, 0.05) is 5.03 Å². The molecule has 2 rings (SSSR count). The predicted molar refractivity (Wildman–Crippen MR) is 59.5 cm³/mol. The molecule has 0 bridgehead atoms. The average Bonchev–Trinajstić information content (AvgIpc) is 2.56. The van der Waals surface area contributed by atoms with E-state index in [9.17, 15) is 4.39 Å². The molecule has 15 heavy (non-hydrogen) atoms. The summed E-state index contributed by atoms with van der Waals surface area (Å²) in [6.45, 7) is 3.96. The Kier molecular flexibility index (Phi) is 2.60. The highest BCUT2D eigenvalue weighted by Crippen LogP contribution is 2.15. The van der Waals surface area contributed by atoms with Gasteiger partial charge >= 0.3 is 0 Å². The summed E-state index contributed by atoms with van der Waals surface area (Å²) >= 11 is 5.59. The van der Waals surface area contributed by atoms with Crippen LogP contribution in [-0.2, 0) is 0 Å². The Morgan fingerprint density at radius 1 is 1.60 bits per heavy atom. The second-order valence-electron chi connectivity index (χ2n) is 3.12. The van der Waals surface area contributed by atoms with Gasteiger partial charge in [0.1, 0.15) is 5.82 Å². The van der Waals surface area contributed by atoms with E-state index < -0.39 is 0 Å². The van der Waals surface area contributed by atoms with Crippen molar-refractivity contribution in [2.45, 2.75) is 0 Å². The normalized spacial score (nSPS) is 10.5. The summed E-state index contributed by atoms with van der Waals surface area (Å²) in [5, 5.41) is 3.42. The maximum Gasteiger partial charge on any atom is 0.201 e. The minimum atomic E-state index is -0.292. The number of aromatic nitrogens is 2. The van der Waals surface area contributed by atoms with Crippen molar-refractivity contribution in [2.75, 3.05) is 11.9 Å². The van der Waals surface area contributed by atoms with Gasteiger partial charge in [0.05, 0.1) is 17.6 Å². The molecule has 2 aromatic rings. The maximum atomic E-state index is 12.9. The molecule has 78 valence electrons. The molecule has 0 atom stereocenters. The van der Waals surface area contributed by atoms with Crippen molar-refractivity contribution in [1.82, 2.24) is 9.97 Å². The fraction of sp³-hybridized carbons (Fsp3) is 0.100. The highest BCUT2D eigenvalue weighted by Gasteiger charge is 2.02. The summed E-state index contributed by atoms with van der Waals surface area (Å²) in [5.74, 6) is 0.261. The van der Waals surface area contributed by atoms with Gasteiger partial charge in [0.15, 0.2) is 0 Å². The van der Waals surface area contributed by atoms with Crippen LogP contribution in [0.15, 0.2) is 29.8 Å². The first-order valence-electron chi connectivity index (χ1n) is 4.37. The first-order chi connectivity index (χ1) is 7.15. The molecule has 0 spiro atoms. The Morgan fingerprint density at radius 2 is 2.40 bits per heavy atom. The van der Waals surface area contributed by atoms with Crippen LogP contribution in [0, 0.1) is 5.82 Å². The van der Waals surface area contributed by atoms with E-state index in [-0.39, 0.29) is 5.82 Å². The number of hydrogen-bond acceptors (Lipinski definition) is 2. The number of aromatic amines is 1. The molecule has 0 amide bonds. The molecule has 3 nitrogen and oxygen atoms in total. The molecule has 0 saturated heterocycles. The third kappa shape index (κ3) is 2.27. The monoisotopic (exact) mass is 225 g/mol. The van der Waals surface area contributed by atoms with Crippen LogP contribution in [0.1, 0.15) is 0 Å². The van der Waals surface area contributed by atoms with Gasteiger partial charge in [0.25, 0.3) is 0 Å². The topological polar surface area (TPSA) is 40.7 Å². The molecular weight excluding hydrogens is 217 g/mol. The largest absolute Gasteiger partial charge is 0.351 e. The number of nitrogens with one attached hydrogen (secondary N) is 2. The highest BCUT2D eigenvalue weighted by atomic mass is 35.5. The molecule has 0 aliphatic rings. The van der Waals surface area contributed by atoms with Crippen LogP contribution in [-0.4, -0.2) is 16.5 Å². The van der Waals surface area contributed by atoms with Gasteiger partial charge < -0.3 is 10.3 Å². The number of nitrogens with zero attached hydrogens (tertiary/aromatic N) is 1. The highest BCUT2D eigenvalue weighted by molar-refractivity contribution is 6.29. The Labute approximate surface area is 91.0 Å². The van der Waals surface area contributed by atoms with Crippen LogP contribution in [0.2, 0.25) is 0 Å². The number of hydrogen-bond donors (Lipinski definition) is 2. The molecule has 0 radical (unpaired) electrons. The number of H-pyrrole nitrogens is 1. The van der Waals surface area contributed by atoms with E-state index in [0.717, 1.165) is 0 Å². The van der Waals surface area contributed by atoms with E-state index in [0.29, 0.717) is 28.6 Å². The Morgan fingerprint density at radius 3 is 3.13 bits per heavy atom. The summed E-state index contributed by atoms with van der Waals surface area (Å²) < 4.78 is 12.9. The number of benzene rings is 1. The minimum Gasteiger partial charge on any atom is -0.351 e. The Balaban J connectivity index is 2.27. The van der Waals surface area contributed by atoms with Gasteiger partial charge in [-0.25, -0.2) is 9.37 Å². The predicted octanol–water partition coefficient (Wildman–Crippen LogP) is 2.87. The number of rotatable bonds is 3. The van der Waals surface area contributed by atoms with Gasteiger partial charge in [-0.1, -0.05) is 18.2 Å². The quantitative estimate of drug-likeness (QED) is 0.843. The molecule has 1 aromatic carbocycles. The molecule has 5 heteroatoms. The molecule has 0 aliphatic heterocycles. The van der Waals surface area contributed by atoms with Crippen molar-refractivity contribution >= 4 is 28.6 Å². The molecule has 0 unspecified atom stereocenters. The SMILES string of the molecule is C=C(Cl)CNc1nc2ccc(F)cc2[nH]1. The lowest BCUT2D eigenvalue weighted by Gasteiger charge is -1.98. The van der Waals surface area contributed by atoms with Crippen molar-refractivity contribution in [1.29, 1.82) is 0 Å². The molecule has 1 heterocycles. The lowest BCUT2D eigenvalue weighted by atomic mass is 10.3.